The van der Waals surface area contributed by atoms with E-state index in [1.54, 1.807) is 13.8 Å². The van der Waals surface area contributed by atoms with Crippen LogP contribution in [0.3, 0.4) is 0 Å². The number of benzene rings is 1. The van der Waals surface area contributed by atoms with E-state index in [9.17, 15) is 57.8 Å². The van der Waals surface area contributed by atoms with Gasteiger partial charge in [-0.3, -0.25) is 57.5 Å². The molecule has 0 aliphatic carbocycles. The number of nitrogens with one attached hydrogen (secondary N) is 7. The molecule has 0 radical (unpaired) electrons. The zero-order chi connectivity index (χ0) is 55.1. The summed E-state index contributed by atoms with van der Waals surface area (Å²) in [5.74, 6) is -11.2. The lowest BCUT2D eigenvalue weighted by Crippen LogP contribution is -2.61. The molecule has 3 rings (SSSR count). The summed E-state index contributed by atoms with van der Waals surface area (Å²) in [6.45, 7) is 7.69. The predicted octanol–water partition coefficient (Wildman–Crippen LogP) is -3.52. The molecular weight excluding hydrogens is 997 g/mol. The number of aliphatic carboxylic acids is 1. The second-order valence-corrected chi connectivity index (χ2v) is 20.5. The molecule has 1 aromatic carbocycles. The number of aromatic hydroxyl groups is 1. The van der Waals surface area contributed by atoms with Gasteiger partial charge in [0, 0.05) is 37.8 Å². The average molecular weight is 1070 g/mol. The van der Waals surface area contributed by atoms with Crippen LogP contribution in [0.1, 0.15) is 85.1 Å². The van der Waals surface area contributed by atoms with Crippen molar-refractivity contribution in [1.29, 1.82) is 0 Å². The zero-order valence-corrected chi connectivity index (χ0v) is 43.1. The van der Waals surface area contributed by atoms with Gasteiger partial charge in [-0.2, -0.15) is 0 Å². The first-order valence-corrected chi connectivity index (χ1v) is 26.0. The molecule has 0 spiro atoms. The quantitative estimate of drug-likeness (QED) is 0.0673. The smallest absolute Gasteiger partial charge is 0.300 e. The molecule has 11 amide bonds. The number of nitrogens with two attached hydrogens (primary N) is 4. The second-order valence-electron chi connectivity index (χ2n) is 17.9. The van der Waals surface area contributed by atoms with Crippen molar-refractivity contribution in [2.45, 2.75) is 134 Å². The first-order valence-electron chi connectivity index (χ1n) is 23.5. The Morgan fingerprint density at radius 2 is 1.36 bits per heavy atom. The van der Waals surface area contributed by atoms with E-state index in [1.165, 1.54) is 29.2 Å². The van der Waals surface area contributed by atoms with Gasteiger partial charge in [-0.05, 0) is 55.2 Å². The largest absolute Gasteiger partial charge is 0.508 e. The van der Waals surface area contributed by atoms with Crippen LogP contribution in [0.25, 0.3) is 0 Å². The van der Waals surface area contributed by atoms with Gasteiger partial charge in [0.1, 0.15) is 48.0 Å². The van der Waals surface area contributed by atoms with Gasteiger partial charge in [-0.25, -0.2) is 0 Å². The lowest BCUT2D eigenvalue weighted by molar-refractivity contribution is -0.142. The van der Waals surface area contributed by atoms with E-state index in [-0.39, 0.29) is 49.0 Å². The molecule has 9 atom stereocenters. The number of nitrogens with zero attached hydrogens (tertiary/aromatic N) is 1. The maximum absolute atomic E-state index is 14.5. The van der Waals surface area contributed by atoms with Crippen LogP contribution >= 0.6 is 21.6 Å². The Morgan fingerprint density at radius 3 is 1.93 bits per heavy atom. The van der Waals surface area contributed by atoms with Crippen LogP contribution in [0.2, 0.25) is 0 Å². The molecule has 406 valence electrons. The fourth-order valence-corrected chi connectivity index (χ4v) is 9.62. The molecule has 2 aliphatic rings. The molecule has 0 bridgehead atoms. The number of hydrogen-bond acceptors (Lipinski definition) is 16. The van der Waals surface area contributed by atoms with Crippen LogP contribution in [0.4, 0.5) is 0 Å². The van der Waals surface area contributed by atoms with E-state index in [1.807, 2.05) is 13.8 Å². The number of phenolic OH excluding ortho intramolecular Hbond substituents is 1. The molecule has 2 saturated heterocycles. The van der Waals surface area contributed by atoms with Crippen molar-refractivity contribution >= 4 is 92.5 Å². The molecule has 0 unspecified atom stereocenters. The summed E-state index contributed by atoms with van der Waals surface area (Å²) in [4.78, 5) is 157. The third kappa shape index (κ3) is 22.3. The van der Waals surface area contributed by atoms with Crippen molar-refractivity contribution < 1.29 is 67.7 Å². The van der Waals surface area contributed by atoms with Crippen LogP contribution in [0, 0.1) is 11.8 Å². The van der Waals surface area contributed by atoms with Crippen molar-refractivity contribution in [3.05, 3.63) is 29.8 Å². The molecule has 26 nitrogen and oxygen atoms in total. The normalized spacial score (nSPS) is 23.3. The third-order valence-electron chi connectivity index (χ3n) is 11.3. The van der Waals surface area contributed by atoms with Crippen LogP contribution in [0.15, 0.2) is 24.3 Å². The SMILES string of the molecule is CC(=O)O.CC[C@H](C)[C@@H]1NC(=O)[C@H](Cc2ccc(O)cc2)NC(=O)[C@@H](N)CSSC[C@@H](C(=O)N2CCC[C@H]2C(=O)N[C@@H](CC(C)C)C(=O)NCC(N)=O)NC(=O)[C@H](CC(N)=O)NC(=O)[C@H](CCC(N)=O)NC1=O. The number of carboxylic acids is 1. The predicted molar refractivity (Wildman–Crippen MR) is 268 cm³/mol. The molecule has 2 aliphatic heterocycles. The van der Waals surface area contributed by atoms with E-state index in [2.05, 4.69) is 37.2 Å². The Labute approximate surface area is 430 Å². The van der Waals surface area contributed by atoms with Crippen LogP contribution < -0.4 is 60.2 Å². The minimum Gasteiger partial charge on any atom is -0.508 e. The van der Waals surface area contributed by atoms with Gasteiger partial charge in [0.25, 0.3) is 5.97 Å². The fourth-order valence-electron chi connectivity index (χ4n) is 7.34. The Balaban J connectivity index is 0.00000439. The number of rotatable bonds is 17. The summed E-state index contributed by atoms with van der Waals surface area (Å²) in [5.41, 5.74) is 22.9. The summed E-state index contributed by atoms with van der Waals surface area (Å²) in [6.07, 6.45) is -0.694. The number of primary amides is 3. The topological polar surface area (TPSA) is 437 Å². The summed E-state index contributed by atoms with van der Waals surface area (Å²) in [7, 11) is 2.05. The summed E-state index contributed by atoms with van der Waals surface area (Å²) < 4.78 is 0. The van der Waals surface area contributed by atoms with Crippen LogP contribution in [-0.2, 0) is 64.0 Å². The number of likely N-dealkylation sites (tertiary alicyclic amines) is 1. The van der Waals surface area contributed by atoms with E-state index in [0.29, 0.717) is 18.4 Å². The van der Waals surface area contributed by atoms with E-state index in [4.69, 9.17) is 32.8 Å². The number of phenols is 1. The van der Waals surface area contributed by atoms with Gasteiger partial charge >= 0.3 is 0 Å². The molecule has 2 heterocycles. The molecular formula is C45H70N12O14S2. The zero-order valence-electron chi connectivity index (χ0n) is 41.4. The summed E-state index contributed by atoms with van der Waals surface area (Å²) >= 11 is 0. The Bertz CT molecular complexity index is 2150. The minimum atomic E-state index is -1.75. The number of amides is 11. The maximum Gasteiger partial charge on any atom is 0.300 e. The van der Waals surface area contributed by atoms with Crippen molar-refractivity contribution in [1.82, 2.24) is 42.1 Å². The van der Waals surface area contributed by atoms with Gasteiger partial charge in [0.15, 0.2) is 0 Å². The third-order valence-corrected chi connectivity index (χ3v) is 13.7. The van der Waals surface area contributed by atoms with Crippen LogP contribution in [-0.4, -0.2) is 159 Å². The number of carboxylic acid groups (broad SMARTS) is 1. The number of carbonyl (C=O) groups excluding carboxylic acids is 11. The molecule has 0 saturated carbocycles. The monoisotopic (exact) mass is 1070 g/mol. The van der Waals surface area contributed by atoms with Crippen molar-refractivity contribution in [3.8, 4) is 5.75 Å². The van der Waals surface area contributed by atoms with Gasteiger partial charge < -0.3 is 75.3 Å². The Kier molecular flexibility index (Phi) is 26.5. The lowest BCUT2D eigenvalue weighted by atomic mass is 9.96. The lowest BCUT2D eigenvalue weighted by Gasteiger charge is -2.31. The van der Waals surface area contributed by atoms with Gasteiger partial charge in [-0.15, -0.1) is 0 Å². The highest BCUT2D eigenvalue weighted by atomic mass is 33.1. The average Bonchev–Trinajstić information content (AvgIpc) is 3.81. The molecule has 2 fully saturated rings. The van der Waals surface area contributed by atoms with Crippen molar-refractivity contribution in [2.24, 2.45) is 34.8 Å². The highest BCUT2D eigenvalue weighted by molar-refractivity contribution is 8.76. The molecule has 28 heteroatoms. The molecule has 17 N–H and O–H groups in total. The maximum atomic E-state index is 14.5. The highest BCUT2D eigenvalue weighted by Gasteiger charge is 2.41. The second kappa shape index (κ2) is 31.0. The van der Waals surface area contributed by atoms with E-state index >= 15 is 0 Å². The van der Waals surface area contributed by atoms with Gasteiger partial charge in [0.2, 0.25) is 65.0 Å². The Hall–Kier alpha value is -6.68. The van der Waals surface area contributed by atoms with Gasteiger partial charge in [0.05, 0.1) is 19.0 Å². The molecule has 1 aromatic rings. The van der Waals surface area contributed by atoms with E-state index < -0.39 is 151 Å². The fraction of sp³-hybridized carbons (Fsp3) is 0.600. The summed E-state index contributed by atoms with van der Waals surface area (Å²) in [6, 6.07) is -5.05. The first-order chi connectivity index (χ1) is 34.2. The summed E-state index contributed by atoms with van der Waals surface area (Å²) in [5, 5.41) is 35.1. The standard InChI is InChI=1S/C43H66N12O12S2.C2H4O2/c1-5-22(4)35-42(66)49-26(12-13-32(45)57)38(62)51-29(17-33(46)58)39(63)53-30(20-69-68-19-25(44)36(60)50-28(40(64)54-35)16-23-8-10-24(56)11-9-23)43(67)55-14-6-7-31(55)41(65)52-27(15-21(2)3)37(61)48-18-34(47)59;1-2(3)4/h8-11,21-22,25-31,35,56H,5-7,12-20,44H2,1-4H3,(H2,45,57)(H2,46,58)(H2,47,59)(H,48,61)(H,49,66)(H,50,60)(H,51,62)(H,52,65)(H,53,63)(H,54,64);1H3,(H,3,4)/t22-,25-,26-,27-,28-,29-,30-,31-,35-;/m0./s1. The van der Waals surface area contributed by atoms with Crippen molar-refractivity contribution in [2.75, 3.05) is 24.6 Å². The van der Waals surface area contributed by atoms with E-state index in [0.717, 1.165) is 28.5 Å². The first kappa shape index (κ1) is 62.4. The van der Waals surface area contributed by atoms with Gasteiger partial charge in [-0.1, -0.05) is 67.8 Å². The van der Waals surface area contributed by atoms with Crippen LogP contribution in [0.5, 0.6) is 5.75 Å². The number of carbonyl (C=O) groups is 12. The highest BCUT2D eigenvalue weighted by Crippen LogP contribution is 2.26. The number of hydrogen-bond donors (Lipinski definition) is 13. The minimum absolute atomic E-state index is 0.0468. The molecule has 73 heavy (non-hydrogen) atoms. The van der Waals surface area contributed by atoms with Crippen molar-refractivity contribution in [3.63, 3.8) is 0 Å². The Morgan fingerprint density at radius 1 is 0.781 bits per heavy atom. The molecule has 0 aromatic heterocycles.